The van der Waals surface area contributed by atoms with Crippen LogP contribution in [-0.2, 0) is 4.79 Å². The Kier molecular flexibility index (Phi) is 1.97. The lowest BCUT2D eigenvalue weighted by Crippen LogP contribution is -2.40. The van der Waals surface area contributed by atoms with Crippen molar-refractivity contribution >= 4 is 11.9 Å². The molecule has 0 radical (unpaired) electrons. The summed E-state index contributed by atoms with van der Waals surface area (Å²) in [6.07, 6.45) is 5.41. The lowest BCUT2D eigenvalue weighted by atomic mass is 9.69. The maximum atomic E-state index is 11.7. The number of amides is 1. The molecule has 1 amide bonds. The molecule has 14 heavy (non-hydrogen) atoms. The number of H-pyrrole nitrogens is 1. The summed E-state index contributed by atoms with van der Waals surface area (Å²) in [5.74, 6) is 0.151. The lowest BCUT2D eigenvalue weighted by molar-refractivity contribution is -0.126. The molecule has 0 atom stereocenters. The summed E-state index contributed by atoms with van der Waals surface area (Å²) < 4.78 is 0. The average Bonchev–Trinajstić information content (AvgIpc) is 2.55. The molecule has 0 unspecified atom stereocenters. The van der Waals surface area contributed by atoms with Gasteiger partial charge in [0.2, 0.25) is 11.9 Å². The molecule has 72 valence electrons. The van der Waals surface area contributed by atoms with Gasteiger partial charge in [0.15, 0.2) is 0 Å². The summed E-state index contributed by atoms with van der Waals surface area (Å²) in [6.45, 7) is 0. The third kappa shape index (κ3) is 1.25. The predicted molar refractivity (Wildman–Crippen MR) is 49.1 cm³/mol. The Bertz CT molecular complexity index is 372. The lowest BCUT2D eigenvalue weighted by Gasteiger charge is -2.32. The summed E-state index contributed by atoms with van der Waals surface area (Å²) >= 11 is 0. The van der Waals surface area contributed by atoms with Crippen LogP contribution in [0.3, 0.4) is 0 Å². The molecular formula is C9H10N4O. The Labute approximate surface area is 81.1 Å². The van der Waals surface area contributed by atoms with Crippen LogP contribution in [0.2, 0.25) is 0 Å². The van der Waals surface area contributed by atoms with E-state index in [1.165, 1.54) is 0 Å². The normalized spacial score (nSPS) is 17.9. The third-order valence-electron chi connectivity index (χ3n) is 2.59. The van der Waals surface area contributed by atoms with Gasteiger partial charge in [-0.3, -0.25) is 10.1 Å². The fourth-order valence-corrected chi connectivity index (χ4v) is 1.48. The summed E-state index contributed by atoms with van der Waals surface area (Å²) in [7, 11) is 0. The van der Waals surface area contributed by atoms with Crippen LogP contribution >= 0.6 is 0 Å². The second-order valence-electron chi connectivity index (χ2n) is 3.44. The standard InChI is InChI=1S/C9H10N4O/c10-6-9(2-1-3-9)7(14)13-8-11-4-5-12-8/h4-5H,1-3H2,(H2,11,12,13,14). The maximum absolute atomic E-state index is 11.7. The number of nitrogens with zero attached hydrogens (tertiary/aromatic N) is 2. The number of aromatic nitrogens is 2. The minimum absolute atomic E-state index is 0.249. The van der Waals surface area contributed by atoms with Crippen molar-refractivity contribution < 1.29 is 4.79 Å². The molecule has 1 saturated carbocycles. The SMILES string of the molecule is N#CC1(C(=O)Nc2ncc[nH]2)CCC1. The van der Waals surface area contributed by atoms with Gasteiger partial charge >= 0.3 is 0 Å². The molecule has 1 aliphatic carbocycles. The Balaban J connectivity index is 2.06. The fourth-order valence-electron chi connectivity index (χ4n) is 1.48. The van der Waals surface area contributed by atoms with Gasteiger partial charge in [-0.2, -0.15) is 5.26 Å². The first-order chi connectivity index (χ1) is 6.77. The quantitative estimate of drug-likeness (QED) is 0.731. The molecule has 1 heterocycles. The highest BCUT2D eigenvalue weighted by molar-refractivity contribution is 5.96. The van der Waals surface area contributed by atoms with Gasteiger partial charge in [0.1, 0.15) is 5.41 Å². The minimum Gasteiger partial charge on any atom is -0.331 e. The molecule has 1 aromatic rings. The van der Waals surface area contributed by atoms with Gasteiger partial charge in [-0.1, -0.05) is 0 Å². The van der Waals surface area contributed by atoms with E-state index < -0.39 is 5.41 Å². The van der Waals surface area contributed by atoms with Crippen molar-refractivity contribution in [1.29, 1.82) is 5.26 Å². The maximum Gasteiger partial charge on any atom is 0.247 e. The molecule has 0 spiro atoms. The predicted octanol–water partition coefficient (Wildman–Crippen LogP) is 1.04. The van der Waals surface area contributed by atoms with E-state index in [9.17, 15) is 4.79 Å². The molecule has 5 heteroatoms. The topological polar surface area (TPSA) is 81.6 Å². The number of nitrogens with one attached hydrogen (secondary N) is 2. The van der Waals surface area contributed by atoms with Crippen LogP contribution in [0.5, 0.6) is 0 Å². The largest absolute Gasteiger partial charge is 0.331 e. The van der Waals surface area contributed by atoms with Crippen molar-refractivity contribution in [2.45, 2.75) is 19.3 Å². The third-order valence-corrected chi connectivity index (χ3v) is 2.59. The number of hydrogen-bond donors (Lipinski definition) is 2. The first-order valence-corrected chi connectivity index (χ1v) is 4.49. The van der Waals surface area contributed by atoms with Gasteiger partial charge < -0.3 is 4.98 Å². The Morgan fingerprint density at radius 1 is 1.71 bits per heavy atom. The van der Waals surface area contributed by atoms with Gasteiger partial charge in [-0.05, 0) is 19.3 Å². The monoisotopic (exact) mass is 190 g/mol. The highest BCUT2D eigenvalue weighted by Crippen LogP contribution is 2.40. The fraction of sp³-hybridized carbons (Fsp3) is 0.444. The first-order valence-electron chi connectivity index (χ1n) is 4.49. The summed E-state index contributed by atoms with van der Waals surface area (Å²) in [6, 6.07) is 2.07. The molecule has 0 aromatic carbocycles. The molecule has 0 saturated heterocycles. The highest BCUT2D eigenvalue weighted by Gasteiger charge is 2.44. The second kappa shape index (κ2) is 3.14. The molecule has 0 aliphatic heterocycles. The number of anilines is 1. The Hall–Kier alpha value is -1.83. The molecule has 0 bridgehead atoms. The molecule has 2 rings (SSSR count). The van der Waals surface area contributed by atoms with Crippen molar-refractivity contribution in [2.75, 3.05) is 5.32 Å². The van der Waals surface area contributed by atoms with E-state index in [0.29, 0.717) is 18.8 Å². The summed E-state index contributed by atoms with van der Waals surface area (Å²) in [4.78, 5) is 18.3. The van der Waals surface area contributed by atoms with E-state index in [-0.39, 0.29) is 5.91 Å². The van der Waals surface area contributed by atoms with E-state index in [1.54, 1.807) is 12.4 Å². The molecule has 1 fully saturated rings. The van der Waals surface area contributed by atoms with Crippen molar-refractivity contribution in [3.8, 4) is 6.07 Å². The van der Waals surface area contributed by atoms with E-state index in [4.69, 9.17) is 5.26 Å². The number of imidazole rings is 1. The average molecular weight is 190 g/mol. The summed E-state index contributed by atoms with van der Waals surface area (Å²) in [5, 5.41) is 11.5. The number of nitriles is 1. The van der Waals surface area contributed by atoms with Crippen LogP contribution < -0.4 is 5.32 Å². The van der Waals surface area contributed by atoms with Gasteiger partial charge in [-0.15, -0.1) is 0 Å². The van der Waals surface area contributed by atoms with Gasteiger partial charge in [0.05, 0.1) is 6.07 Å². The van der Waals surface area contributed by atoms with Crippen LogP contribution in [0.1, 0.15) is 19.3 Å². The second-order valence-corrected chi connectivity index (χ2v) is 3.44. The number of aromatic amines is 1. The Morgan fingerprint density at radius 3 is 2.93 bits per heavy atom. The van der Waals surface area contributed by atoms with Crippen LogP contribution in [0, 0.1) is 16.7 Å². The smallest absolute Gasteiger partial charge is 0.247 e. The zero-order valence-electron chi connectivity index (χ0n) is 7.58. The minimum atomic E-state index is -0.813. The summed E-state index contributed by atoms with van der Waals surface area (Å²) in [5.41, 5.74) is -0.813. The van der Waals surface area contributed by atoms with Crippen LogP contribution in [0.4, 0.5) is 5.95 Å². The van der Waals surface area contributed by atoms with Crippen molar-refractivity contribution in [2.24, 2.45) is 5.41 Å². The Morgan fingerprint density at radius 2 is 2.50 bits per heavy atom. The number of carbonyl (C=O) groups is 1. The van der Waals surface area contributed by atoms with Crippen LogP contribution in [0.15, 0.2) is 12.4 Å². The molecule has 1 aliphatic rings. The molecule has 2 N–H and O–H groups in total. The van der Waals surface area contributed by atoms with E-state index in [1.807, 2.05) is 0 Å². The van der Waals surface area contributed by atoms with Crippen molar-refractivity contribution in [3.63, 3.8) is 0 Å². The first kappa shape index (κ1) is 8.75. The number of carbonyl (C=O) groups excluding carboxylic acids is 1. The van der Waals surface area contributed by atoms with Crippen LogP contribution in [0.25, 0.3) is 0 Å². The van der Waals surface area contributed by atoms with E-state index >= 15 is 0 Å². The van der Waals surface area contributed by atoms with E-state index in [0.717, 1.165) is 6.42 Å². The van der Waals surface area contributed by atoms with Crippen molar-refractivity contribution in [3.05, 3.63) is 12.4 Å². The zero-order valence-corrected chi connectivity index (χ0v) is 7.58. The van der Waals surface area contributed by atoms with Crippen molar-refractivity contribution in [1.82, 2.24) is 9.97 Å². The molecular weight excluding hydrogens is 180 g/mol. The van der Waals surface area contributed by atoms with Crippen LogP contribution in [-0.4, -0.2) is 15.9 Å². The highest BCUT2D eigenvalue weighted by atomic mass is 16.2. The molecule has 1 aromatic heterocycles. The molecule has 5 nitrogen and oxygen atoms in total. The zero-order chi connectivity index (χ0) is 10.0. The van der Waals surface area contributed by atoms with E-state index in [2.05, 4.69) is 21.4 Å². The van der Waals surface area contributed by atoms with Gasteiger partial charge in [-0.25, -0.2) is 4.98 Å². The number of hydrogen-bond acceptors (Lipinski definition) is 3. The van der Waals surface area contributed by atoms with Gasteiger partial charge in [0.25, 0.3) is 0 Å². The van der Waals surface area contributed by atoms with Gasteiger partial charge in [0, 0.05) is 12.4 Å². The number of rotatable bonds is 2.